The topological polar surface area (TPSA) is 135 Å². The van der Waals surface area contributed by atoms with Gasteiger partial charge in [-0.25, -0.2) is 4.98 Å². The molecule has 0 aliphatic rings. The fourth-order valence-corrected chi connectivity index (χ4v) is 1.31. The van der Waals surface area contributed by atoms with Crippen molar-refractivity contribution in [2.24, 2.45) is 0 Å². The van der Waals surface area contributed by atoms with Crippen molar-refractivity contribution in [1.29, 1.82) is 0 Å². The van der Waals surface area contributed by atoms with Crippen LogP contribution >= 0.6 is 23.2 Å². The molecule has 0 aliphatic heterocycles. The quantitative estimate of drug-likeness (QED) is 0.542. The molecule has 0 aromatic carbocycles. The van der Waals surface area contributed by atoms with Gasteiger partial charge in [-0.2, -0.15) is 0 Å². The Bertz CT molecular complexity index is 639. The summed E-state index contributed by atoms with van der Waals surface area (Å²) in [5.41, 5.74) is 5.17. The number of nitro groups is 1. The third-order valence-electron chi connectivity index (χ3n) is 1.85. The van der Waals surface area contributed by atoms with Crippen LogP contribution in [0.1, 0.15) is 0 Å². The standard InChI is InChI=1S/C5H3ClN2O3.C5H5ClN2O/c6-3-1-4(9)5(7-2-3)8(10)11;6-3-1-4(9)5(7)8-2-3/h1-2,9H;1-2,9H,(H2,7,8). The first-order chi connectivity index (χ1) is 9.31. The minimum Gasteiger partial charge on any atom is -0.504 e. The van der Waals surface area contributed by atoms with Crippen LogP contribution in [0.3, 0.4) is 0 Å². The Kier molecular flexibility index (Phi) is 5.30. The second-order valence-electron chi connectivity index (χ2n) is 3.31. The van der Waals surface area contributed by atoms with E-state index >= 15 is 0 Å². The van der Waals surface area contributed by atoms with Crippen LogP contribution in [0.15, 0.2) is 24.5 Å². The minimum atomic E-state index is -0.786. The Balaban J connectivity index is 0.000000204. The molecule has 2 aromatic rings. The van der Waals surface area contributed by atoms with Crippen LogP contribution in [0, 0.1) is 10.1 Å². The monoisotopic (exact) mass is 318 g/mol. The highest BCUT2D eigenvalue weighted by Crippen LogP contribution is 2.24. The number of nitrogens with two attached hydrogens (primary N) is 1. The maximum absolute atomic E-state index is 10.1. The number of nitrogen functional groups attached to an aromatic ring is 1. The number of nitrogens with zero attached hydrogens (tertiary/aromatic N) is 3. The van der Waals surface area contributed by atoms with Gasteiger partial charge in [0.1, 0.15) is 0 Å². The van der Waals surface area contributed by atoms with Crippen LogP contribution in [-0.2, 0) is 0 Å². The summed E-state index contributed by atoms with van der Waals surface area (Å²) in [7, 11) is 0. The van der Waals surface area contributed by atoms with E-state index in [1.54, 1.807) is 0 Å². The minimum absolute atomic E-state index is 0.0810. The van der Waals surface area contributed by atoms with Crippen LogP contribution in [0.2, 0.25) is 10.0 Å². The number of aromatic nitrogens is 2. The van der Waals surface area contributed by atoms with E-state index in [9.17, 15) is 10.1 Å². The molecule has 0 unspecified atom stereocenters. The number of pyridine rings is 2. The van der Waals surface area contributed by atoms with Gasteiger partial charge in [-0.3, -0.25) is 0 Å². The van der Waals surface area contributed by atoms with Gasteiger partial charge in [-0.15, -0.1) is 0 Å². The van der Waals surface area contributed by atoms with Crippen LogP contribution in [0.5, 0.6) is 11.5 Å². The van der Waals surface area contributed by atoms with Gasteiger partial charge in [0.2, 0.25) is 5.75 Å². The lowest BCUT2D eigenvalue weighted by molar-refractivity contribution is -0.390. The molecule has 2 rings (SSSR count). The molecule has 2 heterocycles. The summed E-state index contributed by atoms with van der Waals surface area (Å²) in [6.45, 7) is 0. The summed E-state index contributed by atoms with van der Waals surface area (Å²) in [5.74, 6) is -1.10. The van der Waals surface area contributed by atoms with Gasteiger partial charge in [0.25, 0.3) is 0 Å². The third kappa shape index (κ3) is 4.41. The predicted octanol–water partition coefficient (Wildman–Crippen LogP) is 2.37. The van der Waals surface area contributed by atoms with Gasteiger partial charge in [0, 0.05) is 18.3 Å². The number of anilines is 1. The number of halogens is 2. The van der Waals surface area contributed by atoms with Crippen molar-refractivity contribution >= 4 is 34.8 Å². The van der Waals surface area contributed by atoms with Gasteiger partial charge >= 0.3 is 5.82 Å². The van der Waals surface area contributed by atoms with E-state index in [-0.39, 0.29) is 16.6 Å². The average Bonchev–Trinajstić information content (AvgIpc) is 2.34. The van der Waals surface area contributed by atoms with E-state index in [0.717, 1.165) is 12.3 Å². The lowest BCUT2D eigenvalue weighted by Gasteiger charge is -1.94. The van der Waals surface area contributed by atoms with Crippen molar-refractivity contribution in [3.8, 4) is 11.5 Å². The summed E-state index contributed by atoms with van der Waals surface area (Å²) in [5, 5.41) is 28.3. The van der Waals surface area contributed by atoms with Crippen molar-refractivity contribution in [3.05, 3.63) is 44.7 Å². The molecular formula is C10H8Cl2N4O4. The van der Waals surface area contributed by atoms with Crippen molar-refractivity contribution in [2.75, 3.05) is 5.73 Å². The fourth-order valence-electron chi connectivity index (χ4n) is 1.00. The zero-order valence-corrected chi connectivity index (χ0v) is 11.2. The summed E-state index contributed by atoms with van der Waals surface area (Å²) >= 11 is 10.8. The number of hydrogen-bond donors (Lipinski definition) is 3. The lowest BCUT2D eigenvalue weighted by atomic mass is 10.4. The lowest BCUT2D eigenvalue weighted by Crippen LogP contribution is -1.91. The zero-order chi connectivity index (χ0) is 15.3. The van der Waals surface area contributed by atoms with Crippen LogP contribution in [0.4, 0.5) is 11.6 Å². The molecule has 2 aromatic heterocycles. The molecule has 10 heteroatoms. The van der Waals surface area contributed by atoms with Crippen molar-refractivity contribution < 1.29 is 15.1 Å². The maximum atomic E-state index is 10.1. The largest absolute Gasteiger partial charge is 0.504 e. The Morgan fingerprint density at radius 3 is 2.00 bits per heavy atom. The Labute approximate surface area is 122 Å². The summed E-state index contributed by atoms with van der Waals surface area (Å²) in [6, 6.07) is 2.40. The maximum Gasteiger partial charge on any atom is 0.406 e. The van der Waals surface area contributed by atoms with E-state index < -0.39 is 16.5 Å². The molecule has 20 heavy (non-hydrogen) atoms. The second kappa shape index (κ2) is 6.73. The predicted molar refractivity (Wildman–Crippen MR) is 72.9 cm³/mol. The molecule has 4 N–H and O–H groups in total. The molecule has 0 spiro atoms. The first kappa shape index (κ1) is 15.7. The SMILES string of the molecule is Nc1ncc(Cl)cc1O.O=[N+]([O-])c1ncc(Cl)cc1O. The van der Waals surface area contributed by atoms with Gasteiger partial charge in [-0.05, 0) is 9.91 Å². The fraction of sp³-hybridized carbons (Fsp3) is 0. The summed E-state index contributed by atoms with van der Waals surface area (Å²) in [6.07, 6.45) is 2.47. The molecule has 0 aliphatic carbocycles. The van der Waals surface area contributed by atoms with Crippen LogP contribution in [0.25, 0.3) is 0 Å². The van der Waals surface area contributed by atoms with E-state index in [1.165, 1.54) is 12.3 Å². The molecule has 0 amide bonds. The van der Waals surface area contributed by atoms with Gasteiger partial charge in [0.15, 0.2) is 17.8 Å². The molecule has 0 saturated carbocycles. The molecule has 0 radical (unpaired) electrons. The molecule has 0 fully saturated rings. The van der Waals surface area contributed by atoms with Crippen molar-refractivity contribution in [1.82, 2.24) is 9.97 Å². The Hall–Kier alpha value is -2.32. The normalized spacial score (nSPS) is 9.50. The molecule has 0 atom stereocenters. The highest BCUT2D eigenvalue weighted by atomic mass is 35.5. The third-order valence-corrected chi connectivity index (χ3v) is 2.26. The summed E-state index contributed by atoms with van der Waals surface area (Å²) < 4.78 is 0. The number of hydrogen-bond acceptors (Lipinski definition) is 7. The van der Waals surface area contributed by atoms with Crippen LogP contribution in [-0.4, -0.2) is 25.1 Å². The molecule has 106 valence electrons. The molecule has 0 bridgehead atoms. The van der Waals surface area contributed by atoms with Gasteiger partial charge < -0.3 is 26.1 Å². The second-order valence-corrected chi connectivity index (χ2v) is 4.18. The van der Waals surface area contributed by atoms with E-state index in [2.05, 4.69) is 9.97 Å². The first-order valence-corrected chi connectivity index (χ1v) is 5.65. The molecule has 0 saturated heterocycles. The van der Waals surface area contributed by atoms with Crippen molar-refractivity contribution in [2.45, 2.75) is 0 Å². The molecule has 8 nitrogen and oxygen atoms in total. The number of aromatic hydroxyl groups is 2. The number of rotatable bonds is 1. The zero-order valence-electron chi connectivity index (χ0n) is 9.70. The van der Waals surface area contributed by atoms with Crippen LogP contribution < -0.4 is 5.73 Å². The smallest absolute Gasteiger partial charge is 0.406 e. The van der Waals surface area contributed by atoms with Gasteiger partial charge in [-0.1, -0.05) is 23.2 Å². The Morgan fingerprint density at radius 2 is 1.60 bits per heavy atom. The van der Waals surface area contributed by atoms with E-state index in [1.807, 2.05) is 0 Å². The van der Waals surface area contributed by atoms with Crippen molar-refractivity contribution in [3.63, 3.8) is 0 Å². The van der Waals surface area contributed by atoms with Gasteiger partial charge in [0.05, 0.1) is 10.0 Å². The van der Waals surface area contributed by atoms with E-state index in [4.69, 9.17) is 39.1 Å². The van der Waals surface area contributed by atoms with E-state index in [0.29, 0.717) is 5.02 Å². The molecular weight excluding hydrogens is 311 g/mol. The highest BCUT2D eigenvalue weighted by molar-refractivity contribution is 6.30. The highest BCUT2D eigenvalue weighted by Gasteiger charge is 2.13. The Morgan fingerprint density at radius 1 is 1.10 bits per heavy atom. The first-order valence-electron chi connectivity index (χ1n) is 4.90. The average molecular weight is 319 g/mol. The summed E-state index contributed by atoms with van der Waals surface area (Å²) in [4.78, 5) is 16.2.